The van der Waals surface area contributed by atoms with Crippen LogP contribution < -0.4 is 0 Å². The summed E-state index contributed by atoms with van der Waals surface area (Å²) < 4.78 is 0. The number of halogens is 2. The summed E-state index contributed by atoms with van der Waals surface area (Å²) in [5.41, 5.74) is 0. The van der Waals surface area contributed by atoms with Gasteiger partial charge in [-0.1, -0.05) is 22.9 Å². The molecular formula is C4H7BrCl. The fraction of sp³-hybridized carbons (Fsp3) is 0.750. The molecule has 0 spiro atoms. The quantitative estimate of drug-likeness (QED) is 0.558. The Morgan fingerprint density at radius 2 is 2.33 bits per heavy atom. The van der Waals surface area contributed by atoms with Gasteiger partial charge in [-0.15, -0.1) is 11.6 Å². The molecule has 0 fully saturated rings. The summed E-state index contributed by atoms with van der Waals surface area (Å²) >= 11 is 8.64. The van der Waals surface area contributed by atoms with E-state index in [1.807, 2.05) is 6.92 Å². The lowest BCUT2D eigenvalue weighted by Gasteiger charge is -1.94. The van der Waals surface area contributed by atoms with Crippen LogP contribution in [0.2, 0.25) is 0 Å². The topological polar surface area (TPSA) is 0 Å². The van der Waals surface area contributed by atoms with Crippen molar-refractivity contribution < 1.29 is 0 Å². The predicted molar refractivity (Wildman–Crippen MR) is 33.4 cm³/mol. The third-order valence-electron chi connectivity index (χ3n) is 0.456. The Bertz CT molecular complexity index is 26.7. The van der Waals surface area contributed by atoms with Gasteiger partial charge in [0.1, 0.15) is 0 Å². The van der Waals surface area contributed by atoms with Crippen molar-refractivity contribution in [3.05, 3.63) is 5.92 Å². The molecule has 0 aromatic heterocycles. The van der Waals surface area contributed by atoms with Gasteiger partial charge >= 0.3 is 0 Å². The van der Waals surface area contributed by atoms with Crippen molar-refractivity contribution in [1.82, 2.24) is 0 Å². The second-order valence-corrected chi connectivity index (χ2v) is 2.05. The van der Waals surface area contributed by atoms with Crippen molar-refractivity contribution >= 4 is 27.5 Å². The monoisotopic (exact) mass is 169 g/mol. The summed E-state index contributed by atoms with van der Waals surface area (Å²) in [6, 6.07) is 0. The van der Waals surface area contributed by atoms with Crippen LogP contribution in [0.5, 0.6) is 0 Å². The number of rotatable bonds is 2. The average molecular weight is 170 g/mol. The van der Waals surface area contributed by atoms with E-state index >= 15 is 0 Å². The summed E-state index contributed by atoms with van der Waals surface area (Å²) in [5.74, 6) is 1.95. The Hall–Kier alpha value is 0.770. The molecule has 0 aliphatic carbocycles. The van der Waals surface area contributed by atoms with E-state index in [0.717, 1.165) is 5.33 Å². The molecule has 6 heavy (non-hydrogen) atoms. The molecular weight excluding hydrogens is 163 g/mol. The highest BCUT2D eigenvalue weighted by Crippen LogP contribution is 2.02. The Labute approximate surface area is 52.0 Å². The minimum Gasteiger partial charge on any atom is -0.126 e. The Balaban J connectivity index is 2.75. The highest BCUT2D eigenvalue weighted by molar-refractivity contribution is 9.09. The van der Waals surface area contributed by atoms with E-state index in [9.17, 15) is 0 Å². The van der Waals surface area contributed by atoms with Gasteiger partial charge in [0.15, 0.2) is 0 Å². The smallest absolute Gasteiger partial charge is 0.0291 e. The van der Waals surface area contributed by atoms with E-state index in [0.29, 0.717) is 5.88 Å². The summed E-state index contributed by atoms with van der Waals surface area (Å²) in [4.78, 5) is 0. The first-order valence-electron chi connectivity index (χ1n) is 1.74. The Kier molecular flexibility index (Phi) is 4.45. The SMILES string of the molecule is C[C](CCl)CBr. The lowest BCUT2D eigenvalue weighted by molar-refractivity contribution is 1.13. The third-order valence-corrected chi connectivity index (χ3v) is 1.87. The summed E-state index contributed by atoms with van der Waals surface area (Å²) in [5, 5.41) is 0.927. The second-order valence-electron chi connectivity index (χ2n) is 1.22. The van der Waals surface area contributed by atoms with Gasteiger partial charge in [-0.05, 0) is 5.92 Å². The summed E-state index contributed by atoms with van der Waals surface area (Å²) in [6.07, 6.45) is 0. The van der Waals surface area contributed by atoms with Crippen molar-refractivity contribution in [2.45, 2.75) is 6.92 Å². The van der Waals surface area contributed by atoms with Crippen LogP contribution in [0.4, 0.5) is 0 Å². The van der Waals surface area contributed by atoms with Crippen LogP contribution in [-0.4, -0.2) is 11.2 Å². The second kappa shape index (κ2) is 3.94. The molecule has 0 saturated heterocycles. The van der Waals surface area contributed by atoms with Gasteiger partial charge in [-0.3, -0.25) is 0 Å². The van der Waals surface area contributed by atoms with Crippen molar-refractivity contribution in [2.24, 2.45) is 0 Å². The lowest BCUT2D eigenvalue weighted by Crippen LogP contribution is -1.91. The normalized spacial score (nSPS) is 10.0. The number of hydrogen-bond acceptors (Lipinski definition) is 0. The van der Waals surface area contributed by atoms with E-state index in [1.54, 1.807) is 0 Å². The van der Waals surface area contributed by atoms with Crippen LogP contribution >= 0.6 is 27.5 Å². The molecule has 37 valence electrons. The van der Waals surface area contributed by atoms with Gasteiger partial charge < -0.3 is 0 Å². The first kappa shape index (κ1) is 6.77. The molecule has 0 aliphatic heterocycles. The molecule has 0 amide bonds. The molecule has 0 atom stereocenters. The molecule has 0 bridgehead atoms. The molecule has 0 aromatic rings. The Morgan fingerprint density at radius 1 is 1.83 bits per heavy atom. The molecule has 0 unspecified atom stereocenters. The molecule has 0 aromatic carbocycles. The van der Waals surface area contributed by atoms with Crippen molar-refractivity contribution in [1.29, 1.82) is 0 Å². The highest BCUT2D eigenvalue weighted by atomic mass is 79.9. The first-order chi connectivity index (χ1) is 2.81. The molecule has 0 rings (SSSR count). The zero-order valence-corrected chi connectivity index (χ0v) is 6.01. The van der Waals surface area contributed by atoms with Crippen LogP contribution in [-0.2, 0) is 0 Å². The molecule has 0 aliphatic rings. The molecule has 0 saturated carbocycles. The van der Waals surface area contributed by atoms with Gasteiger partial charge in [0.05, 0.1) is 0 Å². The third kappa shape index (κ3) is 2.98. The summed E-state index contributed by atoms with van der Waals surface area (Å²) in [7, 11) is 0. The molecule has 0 heterocycles. The lowest BCUT2D eigenvalue weighted by atomic mass is 10.3. The van der Waals surface area contributed by atoms with Gasteiger partial charge in [0.25, 0.3) is 0 Å². The first-order valence-corrected chi connectivity index (χ1v) is 3.40. The van der Waals surface area contributed by atoms with Gasteiger partial charge in [-0.25, -0.2) is 0 Å². The van der Waals surface area contributed by atoms with Crippen molar-refractivity contribution in [3.63, 3.8) is 0 Å². The number of alkyl halides is 2. The van der Waals surface area contributed by atoms with E-state index in [4.69, 9.17) is 11.6 Å². The van der Waals surface area contributed by atoms with Gasteiger partial charge in [-0.2, -0.15) is 0 Å². The minimum atomic E-state index is 0.672. The standard InChI is InChI=1S/C4H7BrCl/c1-4(2-5)3-6/h2-3H2,1H3. The molecule has 1 radical (unpaired) electrons. The fourth-order valence-electron chi connectivity index (χ4n) is 0.0357. The van der Waals surface area contributed by atoms with Crippen LogP contribution in [0.15, 0.2) is 0 Å². The maximum atomic E-state index is 5.39. The number of hydrogen-bond donors (Lipinski definition) is 0. The maximum absolute atomic E-state index is 5.39. The fourth-order valence-corrected chi connectivity index (χ4v) is 0.557. The van der Waals surface area contributed by atoms with Crippen molar-refractivity contribution in [3.8, 4) is 0 Å². The van der Waals surface area contributed by atoms with Crippen LogP contribution in [0.3, 0.4) is 0 Å². The molecule has 2 heteroatoms. The summed E-state index contributed by atoms with van der Waals surface area (Å²) in [6.45, 7) is 2.02. The van der Waals surface area contributed by atoms with Crippen LogP contribution in [0, 0.1) is 5.92 Å². The minimum absolute atomic E-state index is 0.672. The van der Waals surface area contributed by atoms with E-state index in [2.05, 4.69) is 15.9 Å². The average Bonchev–Trinajstić information content (AvgIpc) is 1.65. The van der Waals surface area contributed by atoms with E-state index in [-0.39, 0.29) is 0 Å². The van der Waals surface area contributed by atoms with Crippen molar-refractivity contribution in [2.75, 3.05) is 11.2 Å². The predicted octanol–water partition coefficient (Wildman–Crippen LogP) is 2.21. The van der Waals surface area contributed by atoms with Gasteiger partial charge in [0, 0.05) is 11.2 Å². The van der Waals surface area contributed by atoms with Crippen LogP contribution in [0.25, 0.3) is 0 Å². The Morgan fingerprint density at radius 3 is 2.33 bits per heavy atom. The zero-order chi connectivity index (χ0) is 4.99. The zero-order valence-electron chi connectivity index (χ0n) is 3.67. The molecule has 0 N–H and O–H groups in total. The maximum Gasteiger partial charge on any atom is 0.0291 e. The van der Waals surface area contributed by atoms with Gasteiger partial charge in [0.2, 0.25) is 0 Å². The molecule has 0 nitrogen and oxygen atoms in total. The van der Waals surface area contributed by atoms with Crippen LogP contribution in [0.1, 0.15) is 6.92 Å². The van der Waals surface area contributed by atoms with E-state index in [1.165, 1.54) is 5.92 Å². The van der Waals surface area contributed by atoms with E-state index < -0.39 is 0 Å². The largest absolute Gasteiger partial charge is 0.126 e. The highest BCUT2D eigenvalue weighted by Gasteiger charge is 1.92.